The molecule has 1 saturated heterocycles. The Morgan fingerprint density at radius 3 is 2.64 bits per heavy atom. The molecule has 2 fully saturated rings. The van der Waals surface area contributed by atoms with Gasteiger partial charge < -0.3 is 14.6 Å². The Balaban J connectivity index is 1.35. The van der Waals surface area contributed by atoms with Crippen molar-refractivity contribution in [3.8, 4) is 22.8 Å². The third-order valence-electron chi connectivity index (χ3n) is 9.46. The maximum Gasteiger partial charge on any atom is 0.306 e. The van der Waals surface area contributed by atoms with Crippen LogP contribution >= 0.6 is 0 Å². The van der Waals surface area contributed by atoms with Crippen molar-refractivity contribution in [2.24, 2.45) is 11.8 Å². The molecule has 2 unspecified atom stereocenters. The molecule has 222 valence electrons. The summed E-state index contributed by atoms with van der Waals surface area (Å²) in [5, 5.41) is 9.71. The molecule has 1 aromatic heterocycles. The molecule has 0 spiro atoms. The van der Waals surface area contributed by atoms with Gasteiger partial charge in [-0.2, -0.15) is 0 Å². The number of aliphatic carboxylic acids is 1. The molecule has 0 amide bonds. The molecule has 0 radical (unpaired) electrons. The summed E-state index contributed by atoms with van der Waals surface area (Å²) in [4.78, 5) is 18.3. The van der Waals surface area contributed by atoms with Crippen LogP contribution in [0.3, 0.4) is 0 Å². The summed E-state index contributed by atoms with van der Waals surface area (Å²) in [6.45, 7) is 5.52. The van der Waals surface area contributed by atoms with Gasteiger partial charge in [-0.15, -0.1) is 0 Å². The lowest BCUT2D eigenvalue weighted by Gasteiger charge is -2.30. The highest BCUT2D eigenvalue weighted by Crippen LogP contribution is 2.50. The van der Waals surface area contributed by atoms with Crippen LogP contribution in [-0.4, -0.2) is 40.7 Å². The normalized spacial score (nSPS) is 21.8. The number of methoxy groups -OCH3 is 1. The van der Waals surface area contributed by atoms with E-state index in [-0.39, 0.29) is 23.7 Å². The first-order chi connectivity index (χ1) is 20.2. The molecule has 3 aromatic rings. The second-order valence-electron chi connectivity index (χ2n) is 12.2. The van der Waals surface area contributed by atoms with Gasteiger partial charge in [-0.05, 0) is 85.7 Å². The number of carbonyl (C=O) groups is 1. The lowest BCUT2D eigenvalue weighted by atomic mass is 9.82. The highest BCUT2D eigenvalue weighted by atomic mass is 19.1. The average molecular weight is 577 g/mol. The van der Waals surface area contributed by atoms with Gasteiger partial charge in [0.25, 0.3) is 0 Å². The number of carboxylic acid groups (broad SMARTS) is 1. The Morgan fingerprint density at radius 1 is 1.14 bits per heavy atom. The largest absolute Gasteiger partial charge is 0.482 e. The van der Waals surface area contributed by atoms with E-state index >= 15 is 8.78 Å². The minimum Gasteiger partial charge on any atom is -0.482 e. The minimum absolute atomic E-state index is 0.179. The number of likely N-dealkylation sites (tertiary alicyclic amines) is 1. The molecule has 1 aliphatic carbocycles. The van der Waals surface area contributed by atoms with E-state index in [2.05, 4.69) is 22.9 Å². The first-order valence-corrected chi connectivity index (χ1v) is 15.0. The van der Waals surface area contributed by atoms with Gasteiger partial charge in [-0.3, -0.25) is 9.69 Å². The van der Waals surface area contributed by atoms with Gasteiger partial charge >= 0.3 is 5.97 Å². The number of benzene rings is 2. The quantitative estimate of drug-likeness (QED) is 0.288. The number of halogens is 2. The molecular formula is C34H38F2N2O4. The lowest BCUT2D eigenvalue weighted by Crippen LogP contribution is -2.26. The van der Waals surface area contributed by atoms with Gasteiger partial charge in [0.05, 0.1) is 19.2 Å². The third kappa shape index (κ3) is 5.49. The van der Waals surface area contributed by atoms with Crippen LogP contribution in [0.2, 0.25) is 0 Å². The van der Waals surface area contributed by atoms with Crippen molar-refractivity contribution in [1.29, 1.82) is 0 Å². The van der Waals surface area contributed by atoms with E-state index in [9.17, 15) is 9.90 Å². The van der Waals surface area contributed by atoms with Gasteiger partial charge in [0.15, 0.2) is 11.6 Å². The number of carboxylic acids is 1. The number of fused-ring (bicyclic) bond motifs is 1. The third-order valence-corrected chi connectivity index (χ3v) is 9.46. The van der Waals surface area contributed by atoms with Crippen molar-refractivity contribution in [1.82, 2.24) is 9.88 Å². The van der Waals surface area contributed by atoms with Crippen molar-refractivity contribution >= 4 is 5.97 Å². The van der Waals surface area contributed by atoms with E-state index < -0.39 is 23.5 Å². The average Bonchev–Trinajstić information content (AvgIpc) is 3.75. The maximum absolute atomic E-state index is 16.1. The number of ether oxygens (including phenoxy) is 2. The number of hydrogen-bond acceptors (Lipinski definition) is 5. The van der Waals surface area contributed by atoms with E-state index in [1.165, 1.54) is 13.3 Å². The topological polar surface area (TPSA) is 71.9 Å². The summed E-state index contributed by atoms with van der Waals surface area (Å²) in [6, 6.07) is 11.7. The molecule has 1 N–H and O–H groups in total. The predicted molar refractivity (Wildman–Crippen MR) is 156 cm³/mol. The van der Waals surface area contributed by atoms with Gasteiger partial charge in [0, 0.05) is 30.1 Å². The smallest absolute Gasteiger partial charge is 0.306 e. The van der Waals surface area contributed by atoms with Gasteiger partial charge in [0.2, 0.25) is 5.88 Å². The Bertz CT molecular complexity index is 1490. The summed E-state index contributed by atoms with van der Waals surface area (Å²) in [5.74, 6) is -2.07. The molecule has 6 nitrogen and oxygen atoms in total. The standard InChI is InChI=1S/C34H38F2N2O4/c1-19-5-4-14-38(19)18-24-15-23(9-11-25(24)27-16-30(41-3)37-17-28(27)35)29-13-10-22-8-12-26(32(36)33(22)42-29)31(21-6-7-21)20(2)34(39)40/h8-9,11-12,15-17,19-21,29,31H,4-7,10,13-14,18H2,1-3H3,(H,39,40)/t19-,20+,29?,31?/m1/s1. The fourth-order valence-corrected chi connectivity index (χ4v) is 6.85. The first-order valence-electron chi connectivity index (χ1n) is 15.0. The van der Waals surface area contributed by atoms with Gasteiger partial charge in [0.1, 0.15) is 11.9 Å². The van der Waals surface area contributed by atoms with Crippen molar-refractivity contribution in [2.75, 3.05) is 13.7 Å². The van der Waals surface area contributed by atoms with E-state index in [1.807, 2.05) is 18.2 Å². The molecule has 3 heterocycles. The monoisotopic (exact) mass is 576 g/mol. The van der Waals surface area contributed by atoms with E-state index in [4.69, 9.17) is 9.47 Å². The number of nitrogens with zero attached hydrogens (tertiary/aromatic N) is 2. The zero-order valence-electron chi connectivity index (χ0n) is 24.4. The van der Waals surface area contributed by atoms with Crippen LogP contribution in [0.25, 0.3) is 11.1 Å². The number of pyridine rings is 1. The van der Waals surface area contributed by atoms with Crippen LogP contribution in [0.1, 0.15) is 80.2 Å². The van der Waals surface area contributed by atoms with Gasteiger partial charge in [-0.1, -0.05) is 37.3 Å². The summed E-state index contributed by atoms with van der Waals surface area (Å²) in [5.41, 5.74) is 4.33. The molecule has 0 bridgehead atoms. The van der Waals surface area contributed by atoms with Crippen LogP contribution in [0.5, 0.6) is 11.6 Å². The van der Waals surface area contributed by atoms with E-state index in [0.29, 0.717) is 42.4 Å². The zero-order chi connectivity index (χ0) is 29.5. The fraction of sp³-hybridized carbons (Fsp3) is 0.471. The van der Waals surface area contributed by atoms with Gasteiger partial charge in [-0.25, -0.2) is 13.8 Å². The summed E-state index contributed by atoms with van der Waals surface area (Å²) in [6.07, 6.45) is 6.22. The summed E-state index contributed by atoms with van der Waals surface area (Å²) in [7, 11) is 1.51. The van der Waals surface area contributed by atoms with Crippen molar-refractivity contribution in [2.45, 2.75) is 77.0 Å². The molecular weight excluding hydrogens is 538 g/mol. The van der Waals surface area contributed by atoms with Crippen LogP contribution < -0.4 is 9.47 Å². The highest BCUT2D eigenvalue weighted by Gasteiger charge is 2.41. The predicted octanol–water partition coefficient (Wildman–Crippen LogP) is 7.30. The first kappa shape index (κ1) is 28.6. The van der Waals surface area contributed by atoms with Crippen LogP contribution in [0.15, 0.2) is 42.6 Å². The van der Waals surface area contributed by atoms with E-state index in [0.717, 1.165) is 54.5 Å². The lowest BCUT2D eigenvalue weighted by molar-refractivity contribution is -0.142. The molecule has 4 atom stereocenters. The van der Waals surface area contributed by atoms with Crippen LogP contribution in [0, 0.1) is 23.5 Å². The number of aromatic nitrogens is 1. The van der Waals surface area contributed by atoms with Crippen LogP contribution in [0.4, 0.5) is 8.78 Å². The zero-order valence-corrected chi connectivity index (χ0v) is 24.4. The van der Waals surface area contributed by atoms with E-state index in [1.54, 1.807) is 19.1 Å². The number of aryl methyl sites for hydroxylation is 1. The summed E-state index contributed by atoms with van der Waals surface area (Å²) >= 11 is 0. The number of rotatable bonds is 9. The Morgan fingerprint density at radius 2 is 1.95 bits per heavy atom. The molecule has 6 rings (SSSR count). The van der Waals surface area contributed by atoms with Crippen molar-refractivity contribution < 1.29 is 28.2 Å². The Labute approximate surface area is 245 Å². The fourth-order valence-electron chi connectivity index (χ4n) is 6.85. The maximum atomic E-state index is 16.1. The number of hydrogen-bond donors (Lipinski definition) is 1. The highest BCUT2D eigenvalue weighted by molar-refractivity contribution is 5.71. The second-order valence-corrected chi connectivity index (χ2v) is 12.2. The molecule has 2 aliphatic heterocycles. The minimum atomic E-state index is -0.911. The van der Waals surface area contributed by atoms with Crippen molar-refractivity contribution in [3.05, 3.63) is 76.5 Å². The summed E-state index contributed by atoms with van der Waals surface area (Å²) < 4.78 is 42.9. The molecule has 42 heavy (non-hydrogen) atoms. The Hall–Kier alpha value is -3.52. The molecule has 8 heteroatoms. The molecule has 2 aromatic carbocycles. The SMILES string of the molecule is COc1cc(-c2ccc(C3CCc4ccc(C(C5CC5)[C@H](C)C(=O)O)c(F)c4O3)cc2CN2CCC[C@H]2C)c(F)cn1. The molecule has 3 aliphatic rings. The molecule has 1 saturated carbocycles. The van der Waals surface area contributed by atoms with Crippen LogP contribution in [-0.2, 0) is 17.8 Å². The Kier molecular flexibility index (Phi) is 7.92. The van der Waals surface area contributed by atoms with Crippen molar-refractivity contribution in [3.63, 3.8) is 0 Å². The second kappa shape index (κ2) is 11.6.